The van der Waals surface area contributed by atoms with Gasteiger partial charge in [-0.2, -0.15) is 5.10 Å². The Morgan fingerprint density at radius 2 is 2.00 bits per heavy atom. The number of aliphatic hydroxyl groups is 1. The molecule has 0 bridgehead atoms. The molecule has 4 nitrogen and oxygen atoms in total. The maximum Gasteiger partial charge on any atom is 0.0645 e. The molecule has 3 N–H and O–H groups in total. The molecule has 1 heterocycles. The molecule has 0 saturated carbocycles. The van der Waals surface area contributed by atoms with Crippen molar-refractivity contribution in [2.24, 2.45) is 5.73 Å². The van der Waals surface area contributed by atoms with Gasteiger partial charge in [0.2, 0.25) is 0 Å². The van der Waals surface area contributed by atoms with Crippen molar-refractivity contribution in [1.82, 2.24) is 9.78 Å². The summed E-state index contributed by atoms with van der Waals surface area (Å²) in [6, 6.07) is 0.0100. The van der Waals surface area contributed by atoms with E-state index in [0.29, 0.717) is 6.04 Å². The highest BCUT2D eigenvalue weighted by molar-refractivity contribution is 5.28. The first-order valence-electron chi connectivity index (χ1n) is 4.91. The lowest BCUT2D eigenvalue weighted by atomic mass is 10.1. The summed E-state index contributed by atoms with van der Waals surface area (Å²) < 4.78 is 1.94. The zero-order valence-electron chi connectivity index (χ0n) is 9.28. The van der Waals surface area contributed by atoms with Gasteiger partial charge in [0.25, 0.3) is 0 Å². The number of nitrogens with zero attached hydrogens (tertiary/aromatic N) is 2. The zero-order valence-corrected chi connectivity index (χ0v) is 9.28. The van der Waals surface area contributed by atoms with E-state index in [2.05, 4.69) is 18.9 Å². The second-order valence-corrected chi connectivity index (χ2v) is 3.91. The molecule has 1 aromatic heterocycles. The van der Waals surface area contributed by atoms with Crippen LogP contribution in [0.5, 0.6) is 0 Å². The fourth-order valence-electron chi connectivity index (χ4n) is 1.81. The molecular formula is C10H19N3O. The Labute approximate surface area is 84.7 Å². The number of aromatic nitrogens is 2. The smallest absolute Gasteiger partial charge is 0.0645 e. The Morgan fingerprint density at radius 1 is 1.43 bits per heavy atom. The molecule has 0 aliphatic rings. The van der Waals surface area contributed by atoms with Gasteiger partial charge in [-0.25, -0.2) is 0 Å². The Bertz CT molecular complexity index is 317. The van der Waals surface area contributed by atoms with Crippen molar-refractivity contribution in [3.05, 3.63) is 17.0 Å². The van der Waals surface area contributed by atoms with Crippen LogP contribution < -0.4 is 5.73 Å². The summed E-state index contributed by atoms with van der Waals surface area (Å²) in [5.74, 6) is 0. The predicted octanol–water partition coefficient (Wildman–Crippen LogP) is 1.07. The number of aliphatic hydroxyl groups excluding tert-OH is 1. The average molecular weight is 197 g/mol. The highest BCUT2D eigenvalue weighted by Gasteiger charge is 2.18. The third-order valence-electron chi connectivity index (χ3n) is 2.44. The van der Waals surface area contributed by atoms with Crippen LogP contribution in [0.15, 0.2) is 0 Å². The average Bonchev–Trinajstić information content (AvgIpc) is 2.41. The monoisotopic (exact) mass is 197 g/mol. The van der Waals surface area contributed by atoms with Crippen molar-refractivity contribution in [1.29, 1.82) is 0 Å². The molecule has 0 aliphatic carbocycles. The third kappa shape index (κ3) is 1.81. The van der Waals surface area contributed by atoms with Gasteiger partial charge in [0, 0.05) is 17.3 Å². The van der Waals surface area contributed by atoms with Crippen molar-refractivity contribution in [2.75, 3.05) is 6.61 Å². The van der Waals surface area contributed by atoms with Gasteiger partial charge >= 0.3 is 0 Å². The molecule has 1 rings (SSSR count). The van der Waals surface area contributed by atoms with Crippen LogP contribution in [-0.4, -0.2) is 21.5 Å². The summed E-state index contributed by atoms with van der Waals surface area (Å²) in [5, 5.41) is 13.4. The maximum atomic E-state index is 9.02. The van der Waals surface area contributed by atoms with Crippen LogP contribution in [0.25, 0.3) is 0 Å². The van der Waals surface area contributed by atoms with Crippen LogP contribution in [-0.2, 0) is 0 Å². The molecular weight excluding hydrogens is 178 g/mol. The number of rotatable bonds is 3. The molecule has 0 spiro atoms. The minimum atomic E-state index is -0.317. The van der Waals surface area contributed by atoms with E-state index in [1.807, 2.05) is 18.5 Å². The first-order valence-corrected chi connectivity index (χ1v) is 4.91. The summed E-state index contributed by atoms with van der Waals surface area (Å²) in [4.78, 5) is 0. The van der Waals surface area contributed by atoms with Crippen molar-refractivity contribution < 1.29 is 5.11 Å². The van der Waals surface area contributed by atoms with Gasteiger partial charge in [-0.15, -0.1) is 0 Å². The Balaban J connectivity index is 3.17. The predicted molar refractivity (Wildman–Crippen MR) is 56.1 cm³/mol. The van der Waals surface area contributed by atoms with Gasteiger partial charge in [0.05, 0.1) is 18.3 Å². The lowest BCUT2D eigenvalue weighted by Crippen LogP contribution is -2.16. The maximum absolute atomic E-state index is 9.02. The molecule has 14 heavy (non-hydrogen) atoms. The van der Waals surface area contributed by atoms with E-state index in [1.54, 1.807) is 0 Å². The fourth-order valence-corrected chi connectivity index (χ4v) is 1.81. The first-order chi connectivity index (χ1) is 6.49. The molecule has 1 atom stereocenters. The van der Waals surface area contributed by atoms with Crippen molar-refractivity contribution in [3.63, 3.8) is 0 Å². The summed E-state index contributed by atoms with van der Waals surface area (Å²) in [5.41, 5.74) is 8.75. The van der Waals surface area contributed by atoms with E-state index in [0.717, 1.165) is 17.0 Å². The molecule has 4 heteroatoms. The van der Waals surface area contributed by atoms with Gasteiger partial charge in [0.1, 0.15) is 0 Å². The van der Waals surface area contributed by atoms with Crippen LogP contribution in [0.4, 0.5) is 0 Å². The van der Waals surface area contributed by atoms with Crippen molar-refractivity contribution in [2.45, 2.75) is 39.8 Å². The van der Waals surface area contributed by atoms with E-state index < -0.39 is 0 Å². The number of aryl methyl sites for hydroxylation is 1. The van der Waals surface area contributed by atoms with E-state index >= 15 is 0 Å². The van der Waals surface area contributed by atoms with E-state index in [9.17, 15) is 0 Å². The van der Waals surface area contributed by atoms with Gasteiger partial charge in [-0.05, 0) is 27.7 Å². The largest absolute Gasteiger partial charge is 0.394 e. The van der Waals surface area contributed by atoms with E-state index in [4.69, 9.17) is 10.8 Å². The topological polar surface area (TPSA) is 64.1 Å². The third-order valence-corrected chi connectivity index (χ3v) is 2.44. The molecule has 0 amide bonds. The second kappa shape index (κ2) is 4.11. The lowest BCUT2D eigenvalue weighted by Gasteiger charge is -2.11. The van der Waals surface area contributed by atoms with E-state index in [-0.39, 0.29) is 12.6 Å². The van der Waals surface area contributed by atoms with Crippen LogP contribution in [0.2, 0.25) is 0 Å². The van der Waals surface area contributed by atoms with E-state index in [1.165, 1.54) is 0 Å². The van der Waals surface area contributed by atoms with Crippen molar-refractivity contribution >= 4 is 0 Å². The molecule has 1 aromatic rings. The lowest BCUT2D eigenvalue weighted by molar-refractivity contribution is 0.267. The van der Waals surface area contributed by atoms with Gasteiger partial charge in [0.15, 0.2) is 0 Å². The Hall–Kier alpha value is -0.870. The summed E-state index contributed by atoms with van der Waals surface area (Å²) >= 11 is 0. The highest BCUT2D eigenvalue weighted by atomic mass is 16.3. The summed E-state index contributed by atoms with van der Waals surface area (Å²) in [7, 11) is 0. The normalized spacial score (nSPS) is 13.6. The van der Waals surface area contributed by atoms with Crippen LogP contribution >= 0.6 is 0 Å². The summed E-state index contributed by atoms with van der Waals surface area (Å²) in [6.45, 7) is 8.04. The fraction of sp³-hybridized carbons (Fsp3) is 0.700. The highest BCUT2D eigenvalue weighted by Crippen LogP contribution is 2.21. The molecule has 80 valence electrons. The number of nitrogens with two attached hydrogens (primary N) is 1. The standard InChI is InChI=1S/C10H19N3O/c1-6(2)13-8(4)10(7(3)12-13)9(11)5-14/h6,9,14H,5,11H2,1-4H3. The minimum absolute atomic E-state index is 0.0362. The number of hydrogen-bond acceptors (Lipinski definition) is 3. The van der Waals surface area contributed by atoms with Gasteiger partial charge in [-0.1, -0.05) is 0 Å². The first kappa shape index (κ1) is 11.2. The molecule has 1 unspecified atom stereocenters. The van der Waals surface area contributed by atoms with Crippen LogP contribution in [0, 0.1) is 13.8 Å². The Kier molecular flexibility index (Phi) is 3.29. The zero-order chi connectivity index (χ0) is 10.9. The number of hydrogen-bond donors (Lipinski definition) is 2. The SMILES string of the molecule is Cc1nn(C(C)C)c(C)c1C(N)CO. The Morgan fingerprint density at radius 3 is 2.36 bits per heavy atom. The van der Waals surface area contributed by atoms with Gasteiger partial charge < -0.3 is 10.8 Å². The molecule has 0 radical (unpaired) electrons. The minimum Gasteiger partial charge on any atom is -0.394 e. The molecule has 0 saturated heterocycles. The van der Waals surface area contributed by atoms with Crippen LogP contribution in [0.3, 0.4) is 0 Å². The van der Waals surface area contributed by atoms with Crippen molar-refractivity contribution in [3.8, 4) is 0 Å². The summed E-state index contributed by atoms with van der Waals surface area (Å²) in [6.07, 6.45) is 0. The van der Waals surface area contributed by atoms with Gasteiger partial charge in [-0.3, -0.25) is 4.68 Å². The molecule has 0 aliphatic heterocycles. The van der Waals surface area contributed by atoms with Crippen LogP contribution in [0.1, 0.15) is 42.9 Å². The molecule has 0 fully saturated rings. The quantitative estimate of drug-likeness (QED) is 0.762. The molecule has 0 aromatic carbocycles. The second-order valence-electron chi connectivity index (χ2n) is 3.91.